The maximum absolute atomic E-state index is 11.9. The van der Waals surface area contributed by atoms with E-state index in [0.717, 1.165) is 31.4 Å². The van der Waals surface area contributed by atoms with Gasteiger partial charge >= 0.3 is 0 Å². The summed E-state index contributed by atoms with van der Waals surface area (Å²) in [6, 6.07) is 5.68. The number of carbonyl (C=O) groups is 1. The highest BCUT2D eigenvalue weighted by Crippen LogP contribution is 2.18. The Hall–Kier alpha value is -2.02. The molecule has 0 aliphatic heterocycles. The van der Waals surface area contributed by atoms with E-state index in [-0.39, 0.29) is 17.5 Å². The van der Waals surface area contributed by atoms with Gasteiger partial charge in [-0.05, 0) is 31.9 Å². The number of hydrogen-bond acceptors (Lipinski definition) is 3. The second-order valence-corrected chi connectivity index (χ2v) is 4.57. The van der Waals surface area contributed by atoms with Crippen LogP contribution in [-0.2, 0) is 4.79 Å². The van der Waals surface area contributed by atoms with Crippen molar-refractivity contribution in [2.75, 3.05) is 0 Å². The summed E-state index contributed by atoms with van der Waals surface area (Å²) in [6.07, 6.45) is 5.79. The highest BCUT2D eigenvalue weighted by molar-refractivity contribution is 6.01. The summed E-state index contributed by atoms with van der Waals surface area (Å²) in [4.78, 5) is 11.9. The third kappa shape index (κ3) is 3.01. The number of rotatable bonds is 3. The van der Waals surface area contributed by atoms with Crippen molar-refractivity contribution in [3.8, 4) is 6.07 Å². The number of nitrogens with one attached hydrogen (secondary N) is 1. The van der Waals surface area contributed by atoms with Gasteiger partial charge in [-0.25, -0.2) is 0 Å². The Bertz CT molecular complexity index is 502. The molecule has 0 saturated heterocycles. The minimum absolute atomic E-state index is 0.0937. The van der Waals surface area contributed by atoms with Gasteiger partial charge in [0.25, 0.3) is 5.91 Å². The third-order valence-corrected chi connectivity index (χ3v) is 3.10. The Labute approximate surface area is 106 Å². The van der Waals surface area contributed by atoms with Gasteiger partial charge in [-0.2, -0.15) is 5.26 Å². The maximum atomic E-state index is 11.9. The lowest BCUT2D eigenvalue weighted by Gasteiger charge is -2.10. The van der Waals surface area contributed by atoms with Crippen LogP contribution in [0.2, 0.25) is 0 Å². The summed E-state index contributed by atoms with van der Waals surface area (Å²) in [5, 5.41) is 11.9. The fourth-order valence-corrected chi connectivity index (χ4v) is 2.16. The lowest BCUT2D eigenvalue weighted by Crippen LogP contribution is -2.33. The molecule has 0 spiro atoms. The van der Waals surface area contributed by atoms with E-state index < -0.39 is 0 Å². The molecule has 1 aromatic rings. The molecule has 18 heavy (non-hydrogen) atoms. The largest absolute Gasteiger partial charge is 0.462 e. The second kappa shape index (κ2) is 5.54. The second-order valence-electron chi connectivity index (χ2n) is 4.57. The number of hydrogen-bond donors (Lipinski definition) is 1. The van der Waals surface area contributed by atoms with Crippen LogP contribution in [0.1, 0.15) is 37.2 Å². The van der Waals surface area contributed by atoms with Crippen molar-refractivity contribution in [3.05, 3.63) is 29.2 Å². The fraction of sp³-hybridized carbons (Fsp3) is 0.429. The summed E-state index contributed by atoms with van der Waals surface area (Å²) in [5.74, 6) is 0.985. The van der Waals surface area contributed by atoms with Crippen LogP contribution in [0, 0.1) is 18.3 Å². The van der Waals surface area contributed by atoms with E-state index in [4.69, 9.17) is 9.68 Å². The molecule has 0 radical (unpaired) electrons. The van der Waals surface area contributed by atoms with Gasteiger partial charge in [0.1, 0.15) is 23.2 Å². The number of nitrogens with zero attached hydrogens (tertiary/aromatic N) is 1. The van der Waals surface area contributed by atoms with Crippen LogP contribution in [0.25, 0.3) is 6.08 Å². The van der Waals surface area contributed by atoms with Crippen LogP contribution in [0.4, 0.5) is 0 Å². The topological polar surface area (TPSA) is 66.0 Å². The predicted molar refractivity (Wildman–Crippen MR) is 67.4 cm³/mol. The van der Waals surface area contributed by atoms with Crippen molar-refractivity contribution in [3.63, 3.8) is 0 Å². The first-order chi connectivity index (χ1) is 8.69. The first-order valence-electron chi connectivity index (χ1n) is 6.18. The average molecular weight is 244 g/mol. The van der Waals surface area contributed by atoms with E-state index in [0.29, 0.717) is 5.76 Å². The van der Waals surface area contributed by atoms with Gasteiger partial charge in [0, 0.05) is 12.1 Å². The number of aryl methyl sites for hydroxylation is 1. The summed E-state index contributed by atoms with van der Waals surface area (Å²) in [7, 11) is 0. The van der Waals surface area contributed by atoms with Gasteiger partial charge in [-0.15, -0.1) is 0 Å². The number of amides is 1. The van der Waals surface area contributed by atoms with Gasteiger partial charge in [0.2, 0.25) is 0 Å². The Morgan fingerprint density at radius 3 is 2.78 bits per heavy atom. The van der Waals surface area contributed by atoms with E-state index in [1.807, 2.05) is 13.0 Å². The van der Waals surface area contributed by atoms with E-state index in [1.54, 1.807) is 12.1 Å². The third-order valence-electron chi connectivity index (χ3n) is 3.10. The normalized spacial score (nSPS) is 16.6. The van der Waals surface area contributed by atoms with Gasteiger partial charge in [0.05, 0.1) is 0 Å². The van der Waals surface area contributed by atoms with Crippen LogP contribution in [-0.4, -0.2) is 11.9 Å². The Kier molecular flexibility index (Phi) is 3.83. The van der Waals surface area contributed by atoms with Crippen LogP contribution in [0.15, 0.2) is 22.1 Å². The van der Waals surface area contributed by atoms with Gasteiger partial charge in [-0.1, -0.05) is 12.8 Å². The predicted octanol–water partition coefficient (Wildman–Crippen LogP) is 2.55. The summed E-state index contributed by atoms with van der Waals surface area (Å²) < 4.78 is 5.33. The van der Waals surface area contributed by atoms with Crippen molar-refractivity contribution in [1.29, 1.82) is 5.26 Å². The molecule has 4 heteroatoms. The number of nitriles is 1. The van der Waals surface area contributed by atoms with E-state index in [9.17, 15) is 4.79 Å². The molecule has 1 aliphatic carbocycles. The molecular weight excluding hydrogens is 228 g/mol. The summed E-state index contributed by atoms with van der Waals surface area (Å²) in [6.45, 7) is 1.82. The quantitative estimate of drug-likeness (QED) is 0.656. The molecule has 1 saturated carbocycles. The van der Waals surface area contributed by atoms with Crippen molar-refractivity contribution < 1.29 is 9.21 Å². The van der Waals surface area contributed by atoms with Crippen molar-refractivity contribution >= 4 is 12.0 Å². The molecule has 0 aromatic carbocycles. The van der Waals surface area contributed by atoms with Crippen molar-refractivity contribution in [2.45, 2.75) is 38.6 Å². The van der Waals surface area contributed by atoms with E-state index >= 15 is 0 Å². The highest BCUT2D eigenvalue weighted by Gasteiger charge is 2.19. The fourth-order valence-electron chi connectivity index (χ4n) is 2.16. The molecule has 1 heterocycles. The smallest absolute Gasteiger partial charge is 0.262 e. The van der Waals surface area contributed by atoms with Crippen LogP contribution in [0.3, 0.4) is 0 Å². The molecule has 4 nitrogen and oxygen atoms in total. The van der Waals surface area contributed by atoms with E-state index in [1.165, 1.54) is 6.08 Å². The molecule has 94 valence electrons. The minimum Gasteiger partial charge on any atom is -0.462 e. The first kappa shape index (κ1) is 12.4. The van der Waals surface area contributed by atoms with Crippen molar-refractivity contribution in [1.82, 2.24) is 5.32 Å². The average Bonchev–Trinajstić information content (AvgIpc) is 2.97. The van der Waals surface area contributed by atoms with Gasteiger partial charge in [-0.3, -0.25) is 4.79 Å². The molecule has 1 N–H and O–H groups in total. The Morgan fingerprint density at radius 2 is 2.22 bits per heavy atom. The molecule has 2 rings (SSSR count). The summed E-state index contributed by atoms with van der Waals surface area (Å²) >= 11 is 0. The summed E-state index contributed by atoms with van der Waals surface area (Å²) in [5.41, 5.74) is 0.0937. The first-order valence-corrected chi connectivity index (χ1v) is 6.18. The van der Waals surface area contributed by atoms with Gasteiger partial charge < -0.3 is 9.73 Å². The molecule has 1 fully saturated rings. The lowest BCUT2D eigenvalue weighted by atomic mass is 10.2. The van der Waals surface area contributed by atoms with Crippen LogP contribution < -0.4 is 5.32 Å². The van der Waals surface area contributed by atoms with Gasteiger partial charge in [0.15, 0.2) is 0 Å². The molecule has 1 amide bonds. The number of furan rings is 1. The molecule has 0 atom stereocenters. The zero-order valence-electron chi connectivity index (χ0n) is 10.4. The van der Waals surface area contributed by atoms with E-state index in [2.05, 4.69) is 5.32 Å². The standard InChI is InChI=1S/C14H16N2O2/c1-10-6-7-13(18-10)8-11(9-15)14(17)16-12-4-2-3-5-12/h6-8,12H,2-5H2,1H3,(H,16,17)/b11-8-. The molecule has 1 aromatic heterocycles. The van der Waals surface area contributed by atoms with Crippen LogP contribution in [0.5, 0.6) is 0 Å². The Balaban J connectivity index is 2.06. The Morgan fingerprint density at radius 1 is 1.50 bits per heavy atom. The SMILES string of the molecule is Cc1ccc(/C=C(/C#N)C(=O)NC2CCCC2)o1. The zero-order chi connectivity index (χ0) is 13.0. The monoisotopic (exact) mass is 244 g/mol. The van der Waals surface area contributed by atoms with Crippen molar-refractivity contribution in [2.24, 2.45) is 0 Å². The molecule has 0 unspecified atom stereocenters. The highest BCUT2D eigenvalue weighted by atomic mass is 16.3. The number of carbonyl (C=O) groups excluding carboxylic acids is 1. The molecule has 0 bridgehead atoms. The molecular formula is C14H16N2O2. The molecule has 1 aliphatic rings. The zero-order valence-corrected chi connectivity index (χ0v) is 10.4. The van der Waals surface area contributed by atoms with Crippen LogP contribution >= 0.6 is 0 Å². The maximum Gasteiger partial charge on any atom is 0.262 e. The lowest BCUT2D eigenvalue weighted by molar-refractivity contribution is -0.117. The minimum atomic E-state index is -0.307.